The van der Waals surface area contributed by atoms with Crippen molar-refractivity contribution in [3.8, 4) is 17.2 Å². The van der Waals surface area contributed by atoms with E-state index in [2.05, 4.69) is 0 Å². The molecule has 8 nitrogen and oxygen atoms in total. The van der Waals surface area contributed by atoms with Crippen LogP contribution in [0.15, 0.2) is 42.5 Å². The van der Waals surface area contributed by atoms with E-state index in [4.69, 9.17) is 18.9 Å². The number of benzene rings is 2. The van der Waals surface area contributed by atoms with E-state index in [9.17, 15) is 27.9 Å². The number of ether oxygens (including phenoxy) is 4. The van der Waals surface area contributed by atoms with Crippen LogP contribution in [0.25, 0.3) is 0 Å². The number of carbonyl (C=O) groups excluding carboxylic acids is 2. The normalized spacial score (nSPS) is 15.8. The van der Waals surface area contributed by atoms with E-state index in [1.54, 1.807) is 18.2 Å². The van der Waals surface area contributed by atoms with Gasteiger partial charge in [0.2, 0.25) is 0 Å². The molecule has 0 aromatic heterocycles. The highest BCUT2D eigenvalue weighted by Gasteiger charge is 2.62. The Morgan fingerprint density at radius 2 is 1.69 bits per heavy atom. The lowest BCUT2D eigenvalue weighted by Gasteiger charge is -2.38. The standard InChI is InChI=1S/C28H34F3NO7/c1-36-21-9-6-8-20(17-21)27(35,28(29,30)31)26(34)32-14-12-19(13-15-32)7-4-5-16-39-22-10-11-23(25(33)38-3)24(18-22)37-2/h6,8-11,17-19,35H,4-5,7,12-16H2,1-3H3/t27-/m1/s1. The van der Waals surface area contributed by atoms with Gasteiger partial charge in [0.1, 0.15) is 22.8 Å². The van der Waals surface area contributed by atoms with Crippen molar-refractivity contribution in [1.29, 1.82) is 0 Å². The average Bonchev–Trinajstić information content (AvgIpc) is 2.95. The topological polar surface area (TPSA) is 94.5 Å². The Morgan fingerprint density at radius 1 is 0.974 bits per heavy atom. The number of rotatable bonds is 11. The molecule has 0 bridgehead atoms. The highest BCUT2D eigenvalue weighted by atomic mass is 19.4. The second kappa shape index (κ2) is 13.1. The van der Waals surface area contributed by atoms with Gasteiger partial charge in [0.05, 0.1) is 27.9 Å². The van der Waals surface area contributed by atoms with Crippen LogP contribution in [0.5, 0.6) is 17.2 Å². The van der Waals surface area contributed by atoms with Crippen molar-refractivity contribution in [3.05, 3.63) is 53.6 Å². The van der Waals surface area contributed by atoms with Crippen molar-refractivity contribution in [1.82, 2.24) is 4.90 Å². The molecule has 11 heteroatoms. The van der Waals surface area contributed by atoms with Gasteiger partial charge >= 0.3 is 12.1 Å². The molecule has 39 heavy (non-hydrogen) atoms. The average molecular weight is 554 g/mol. The maximum absolute atomic E-state index is 14.0. The number of carbonyl (C=O) groups is 2. The molecule has 1 aliphatic heterocycles. The van der Waals surface area contributed by atoms with E-state index < -0.39 is 29.2 Å². The Morgan fingerprint density at radius 3 is 2.31 bits per heavy atom. The predicted molar refractivity (Wildman–Crippen MR) is 136 cm³/mol. The summed E-state index contributed by atoms with van der Waals surface area (Å²) in [6, 6.07) is 9.71. The third kappa shape index (κ3) is 6.95. The molecule has 3 rings (SSSR count). The molecule has 1 saturated heterocycles. The molecule has 214 valence electrons. The summed E-state index contributed by atoms with van der Waals surface area (Å²) < 4.78 is 62.7. The fourth-order valence-electron chi connectivity index (χ4n) is 4.68. The number of alkyl halides is 3. The molecule has 0 aliphatic carbocycles. The van der Waals surface area contributed by atoms with Crippen LogP contribution >= 0.6 is 0 Å². The number of amides is 1. The van der Waals surface area contributed by atoms with Crippen LogP contribution in [0, 0.1) is 5.92 Å². The number of halogens is 3. The van der Waals surface area contributed by atoms with Crippen LogP contribution in [-0.2, 0) is 15.1 Å². The van der Waals surface area contributed by atoms with Gasteiger partial charge in [-0.05, 0) is 55.9 Å². The maximum Gasteiger partial charge on any atom is 0.430 e. The number of methoxy groups -OCH3 is 3. The Balaban J connectivity index is 1.48. The van der Waals surface area contributed by atoms with E-state index in [0.717, 1.165) is 36.3 Å². The van der Waals surface area contributed by atoms with Gasteiger partial charge in [0, 0.05) is 24.7 Å². The predicted octanol–water partition coefficient (Wildman–Crippen LogP) is 4.73. The number of unbranched alkanes of at least 4 members (excludes halogenated alkanes) is 1. The van der Waals surface area contributed by atoms with Crippen molar-refractivity contribution in [2.45, 2.75) is 43.9 Å². The summed E-state index contributed by atoms with van der Waals surface area (Å²) in [5.74, 6) is -0.602. The SMILES string of the molecule is COC(=O)c1ccc(OCCCCC2CCN(C(=O)[C@](O)(c3cccc(OC)c3)C(F)(F)F)CC2)cc1OC. The van der Waals surface area contributed by atoms with Gasteiger partial charge in [-0.25, -0.2) is 4.79 Å². The lowest BCUT2D eigenvalue weighted by Crippen LogP contribution is -2.57. The van der Waals surface area contributed by atoms with Crippen LogP contribution in [0.1, 0.15) is 48.0 Å². The summed E-state index contributed by atoms with van der Waals surface area (Å²) in [6.07, 6.45) is -1.67. The van der Waals surface area contributed by atoms with E-state index in [1.807, 2.05) is 0 Å². The van der Waals surface area contributed by atoms with Gasteiger partial charge in [-0.15, -0.1) is 0 Å². The third-order valence-electron chi connectivity index (χ3n) is 6.96. The molecular weight excluding hydrogens is 519 g/mol. The third-order valence-corrected chi connectivity index (χ3v) is 6.96. The minimum Gasteiger partial charge on any atom is -0.497 e. The summed E-state index contributed by atoms with van der Waals surface area (Å²) >= 11 is 0. The second-order valence-corrected chi connectivity index (χ2v) is 9.37. The van der Waals surface area contributed by atoms with Crippen LogP contribution < -0.4 is 14.2 Å². The van der Waals surface area contributed by atoms with E-state index in [1.165, 1.54) is 33.5 Å². The molecule has 0 radical (unpaired) electrons. The number of hydrogen-bond acceptors (Lipinski definition) is 7. The molecule has 1 fully saturated rings. The van der Waals surface area contributed by atoms with Crippen molar-refractivity contribution in [2.75, 3.05) is 41.0 Å². The number of nitrogens with zero attached hydrogens (tertiary/aromatic N) is 1. The molecule has 0 unspecified atom stereocenters. The number of esters is 1. The fourth-order valence-corrected chi connectivity index (χ4v) is 4.68. The van der Waals surface area contributed by atoms with Crippen molar-refractivity contribution < 1.29 is 46.8 Å². The number of likely N-dealkylation sites (tertiary alicyclic amines) is 1. The first-order chi connectivity index (χ1) is 18.5. The van der Waals surface area contributed by atoms with Gasteiger partial charge in [-0.2, -0.15) is 13.2 Å². The summed E-state index contributed by atoms with van der Waals surface area (Å²) in [4.78, 5) is 25.8. The van der Waals surface area contributed by atoms with Crippen LogP contribution in [0.4, 0.5) is 13.2 Å². The summed E-state index contributed by atoms with van der Waals surface area (Å²) in [5, 5.41) is 10.7. The summed E-state index contributed by atoms with van der Waals surface area (Å²) in [7, 11) is 4.04. The van der Waals surface area contributed by atoms with Crippen molar-refractivity contribution in [3.63, 3.8) is 0 Å². The van der Waals surface area contributed by atoms with Gasteiger partial charge in [0.25, 0.3) is 11.5 Å². The minimum atomic E-state index is -5.20. The van der Waals surface area contributed by atoms with Gasteiger partial charge in [-0.1, -0.05) is 18.6 Å². The molecule has 0 saturated carbocycles. The highest BCUT2D eigenvalue weighted by Crippen LogP contribution is 2.42. The lowest BCUT2D eigenvalue weighted by molar-refractivity contribution is -0.262. The lowest BCUT2D eigenvalue weighted by atomic mass is 9.87. The molecule has 2 aromatic carbocycles. The Labute approximate surface area is 225 Å². The molecule has 2 aromatic rings. The molecule has 1 atom stereocenters. The molecule has 1 N–H and O–H groups in total. The Kier molecular flexibility index (Phi) is 10.1. The molecule has 1 amide bonds. The fraction of sp³-hybridized carbons (Fsp3) is 0.500. The van der Waals surface area contributed by atoms with Gasteiger partial charge in [0.15, 0.2) is 0 Å². The smallest absolute Gasteiger partial charge is 0.430 e. The van der Waals surface area contributed by atoms with Crippen LogP contribution in [0.3, 0.4) is 0 Å². The number of piperidine rings is 1. The number of aliphatic hydroxyl groups is 1. The summed E-state index contributed by atoms with van der Waals surface area (Å²) in [6.45, 7) is 0.709. The largest absolute Gasteiger partial charge is 0.497 e. The number of hydrogen-bond donors (Lipinski definition) is 1. The molecule has 1 aliphatic rings. The van der Waals surface area contributed by atoms with Crippen molar-refractivity contribution in [2.24, 2.45) is 5.92 Å². The van der Waals surface area contributed by atoms with Crippen molar-refractivity contribution >= 4 is 11.9 Å². The quantitative estimate of drug-likeness (QED) is 0.318. The Hall–Kier alpha value is -3.47. The Bertz CT molecular complexity index is 1130. The molecule has 1 heterocycles. The van der Waals surface area contributed by atoms with Crippen LogP contribution in [0.2, 0.25) is 0 Å². The zero-order valence-corrected chi connectivity index (χ0v) is 22.3. The van der Waals surface area contributed by atoms with E-state index in [0.29, 0.717) is 36.5 Å². The molecule has 0 spiro atoms. The minimum absolute atomic E-state index is 0.114. The van der Waals surface area contributed by atoms with E-state index in [-0.39, 0.29) is 24.8 Å². The zero-order valence-electron chi connectivity index (χ0n) is 22.3. The highest BCUT2D eigenvalue weighted by molar-refractivity contribution is 5.92. The maximum atomic E-state index is 14.0. The second-order valence-electron chi connectivity index (χ2n) is 9.37. The first kappa shape index (κ1) is 30.1. The monoisotopic (exact) mass is 553 g/mol. The van der Waals surface area contributed by atoms with Crippen LogP contribution in [-0.4, -0.2) is 69.1 Å². The van der Waals surface area contributed by atoms with Gasteiger partial charge in [-0.3, -0.25) is 4.79 Å². The molecular formula is C28H34F3NO7. The zero-order chi connectivity index (χ0) is 28.6. The summed E-state index contributed by atoms with van der Waals surface area (Å²) in [5.41, 5.74) is -3.92. The van der Waals surface area contributed by atoms with Gasteiger partial charge < -0.3 is 29.0 Å². The first-order valence-electron chi connectivity index (χ1n) is 12.7. The van der Waals surface area contributed by atoms with E-state index >= 15 is 0 Å². The first-order valence-corrected chi connectivity index (χ1v) is 12.7.